The van der Waals surface area contributed by atoms with Crippen LogP contribution in [0.15, 0.2) is 109 Å². The molecule has 0 saturated heterocycles. The van der Waals surface area contributed by atoms with Gasteiger partial charge in [-0.2, -0.15) is 0 Å². The Morgan fingerprint density at radius 3 is 0.611 bits per heavy atom. The van der Waals surface area contributed by atoms with Gasteiger partial charge in [0.1, 0.15) is 0 Å². The molecule has 0 fully saturated rings. The zero-order chi connectivity index (χ0) is 103. The number of quaternary nitrogens is 3. The van der Waals surface area contributed by atoms with Gasteiger partial charge in [0.25, 0.3) is 0 Å². The number of likely N-dealkylation sites (N-methyl/N-ethyl adjacent to an activating group) is 4. The molecule has 4 aromatic rings. The molecule has 0 aliphatic heterocycles. The molecule has 0 spiro atoms. The SMILES string of the molecule is CC(C)c1ccccc1.CCc1ccccc1.Cc1cc(C)cc(C)c1.Cc1ccccc1.[CH-]=O.[CH-]=O.[CH-]=O.[CH-]=O.[CH-]=O.[CH-]=O.[CH-]=O.[CH-]=O.[CH-]=O.[CH-]=O.[CH-]=O.[CH-]=O.[CH-]=O.[CH-]=O.[CH-]=O.[CH-]=O.[CH-]=O.[CH-]=O.[CH-]=O.[CH-]=O.[CH-]=O.[CH2-][N+](C)(CCN(C)C)CCN(C)C.[CH2-][N+](C)(CCN)CCN.[CH2-][N+](CCN(C(C)C)C(C)C)(CCN(C(C)C)C(C)C)C(C)C.[CH3-].[CH3-].[CH3-].[CH3-].[Mo+4].[Mo+4].[Mo+4].[Mo+4].[Mo].[Mo].[Mo]. The predicted molar refractivity (Wildman–Crippen MR) is 518 cm³/mol. The van der Waals surface area contributed by atoms with E-state index in [0.717, 1.165) is 80.8 Å². The first-order chi connectivity index (χ1) is 57.2. The maximum Gasteiger partial charge on any atom is 4.00 e. The Morgan fingerprint density at radius 1 is 0.298 bits per heavy atom. The van der Waals surface area contributed by atoms with Crippen LogP contribution in [0.3, 0.4) is 0 Å². The Morgan fingerprint density at radius 2 is 0.481 bits per heavy atom. The first-order valence-corrected chi connectivity index (χ1v) is 34.6. The van der Waals surface area contributed by atoms with Crippen molar-refractivity contribution in [1.29, 1.82) is 0 Å². The zero-order valence-corrected chi connectivity index (χ0v) is 97.1. The van der Waals surface area contributed by atoms with E-state index in [1.165, 1.54) is 33.4 Å². The van der Waals surface area contributed by atoms with E-state index >= 15 is 0 Å². The van der Waals surface area contributed by atoms with Gasteiger partial charge in [0.15, 0.2) is 0 Å². The standard InChI is InChI=1S/C20H45N3.C10H25N3.2C9H12.C8H10.C7H8.C6H17N3.21CHO.4CH3.7Mo/c1-16(2)21(17(3)4)12-14-23(11,20(9)10)15-13-22(18(5)6)19(7)8;1-11(2)7-9-13(5,6)10-8-12(3)4;1-7-4-8(2)6-9(3)5-7;1-8(2)9-6-4-3-5-7-9;1-2-8-6-4-3-5-7-8;1-7-5-3-2-4-6-7;1-9(2,5-3-7)6-4-8;21*1-2;;;;;;;;;;;/h16-20H,11-15H2,1-10H3;5,7-10H2,1-4,6H3;4-6H,1-3H3;3-8H,1-2H3;3-7H,2H2,1H3;2-6H,1H3;1,3-8H2,2H3;21*1H;4*1H3;;;;;;;/q;;;;;;;25*-1;;;;4*+4. The Kier molecular flexibility index (Phi) is 411. The fourth-order valence-electron chi connectivity index (χ4n) is 8.50. The number of nitrogens with zero attached hydrogens (tertiary/aromatic N) is 7. The molecule has 0 aliphatic rings. The molecule has 0 amide bonds. The Hall–Kier alpha value is -5.59. The normalized spacial score (nSPS) is 7.56. The van der Waals surface area contributed by atoms with E-state index in [1.54, 1.807) is 0 Å². The molecule has 37 heteroatoms. The van der Waals surface area contributed by atoms with Crippen molar-refractivity contribution in [3.8, 4) is 0 Å². The molecule has 0 unspecified atom stereocenters. The van der Waals surface area contributed by atoms with Crippen LogP contribution in [-0.4, -0.2) is 327 Å². The zero-order valence-electron chi connectivity index (χ0n) is 83.0. The molecule has 0 atom stereocenters. The first-order valence-electron chi connectivity index (χ1n) is 34.6. The molecule has 4 aromatic carbocycles. The topological polar surface area (TPSA) is 423 Å². The van der Waals surface area contributed by atoms with Crippen molar-refractivity contribution < 1.29 is 262 Å². The molecule has 0 saturated carbocycles. The van der Waals surface area contributed by atoms with E-state index in [4.69, 9.17) is 112 Å². The number of rotatable bonds is 23. The minimum Gasteiger partial charge on any atom is -0.545 e. The van der Waals surface area contributed by atoms with Crippen molar-refractivity contribution >= 4 is 143 Å². The molecule has 760 valence electrons. The van der Waals surface area contributed by atoms with Crippen LogP contribution in [0.2, 0.25) is 0 Å². The molecule has 0 radical (unpaired) electrons. The summed E-state index contributed by atoms with van der Waals surface area (Å²) < 4.78 is 2.45. The van der Waals surface area contributed by atoms with Crippen LogP contribution in [0.25, 0.3) is 0 Å². The average Bonchev–Trinajstić information content (AvgIpc) is 0.846. The summed E-state index contributed by atoms with van der Waals surface area (Å²) in [7, 11) is 25.4. The van der Waals surface area contributed by atoms with Crippen LogP contribution < -0.4 is 11.5 Å². The molecule has 0 heterocycles. The largest absolute Gasteiger partial charge is 4.00 e. The first kappa shape index (κ1) is 237. The summed E-state index contributed by atoms with van der Waals surface area (Å²) in [6, 6.07) is 40.7. The maximum absolute atomic E-state index is 7.75. The van der Waals surface area contributed by atoms with Gasteiger partial charge in [-0.1, -0.05) is 152 Å². The monoisotopic (exact) mass is 2440 g/mol. The van der Waals surface area contributed by atoms with Crippen molar-refractivity contribution in [2.45, 2.75) is 160 Å². The van der Waals surface area contributed by atoms with E-state index in [1.807, 2.05) is 37.4 Å². The van der Waals surface area contributed by atoms with Crippen molar-refractivity contribution in [2.24, 2.45) is 11.5 Å². The third kappa shape index (κ3) is 228. The summed E-state index contributed by atoms with van der Waals surface area (Å²) in [5.74, 6) is 0.659. The van der Waals surface area contributed by atoms with Gasteiger partial charge in [0.2, 0.25) is 0 Å². The molecular weight excluding hydrogens is 2260 g/mol. The van der Waals surface area contributed by atoms with Crippen LogP contribution in [0, 0.1) is 78.5 Å². The van der Waals surface area contributed by atoms with E-state index in [-0.39, 0.29) is 177 Å². The van der Waals surface area contributed by atoms with Gasteiger partial charge in [-0.25, -0.2) is 0 Å². The summed E-state index contributed by atoms with van der Waals surface area (Å²) in [6.07, 6.45) is 1.14. The van der Waals surface area contributed by atoms with Crippen molar-refractivity contribution in [1.82, 2.24) is 19.6 Å². The van der Waals surface area contributed by atoms with Crippen LogP contribution in [-0.2, 0) is 255 Å². The summed E-state index contributed by atoms with van der Waals surface area (Å²) >= 11 is 0. The quantitative estimate of drug-likeness (QED) is 0.0302. The average molecular weight is 2430 g/mol. The minimum absolute atomic E-state index is 0. The third-order valence-electron chi connectivity index (χ3n) is 13.9. The number of hydrogen-bond acceptors (Lipinski definition) is 27. The van der Waals surface area contributed by atoms with Gasteiger partial charge in [-0.3, -0.25) is 152 Å². The van der Waals surface area contributed by atoms with Gasteiger partial charge in [-0.15, -0.1) is 21.1 Å². The van der Waals surface area contributed by atoms with Gasteiger partial charge >= 0.3 is 84.3 Å². The second-order valence-electron chi connectivity index (χ2n) is 24.7. The van der Waals surface area contributed by atoms with Crippen molar-refractivity contribution in [3.05, 3.63) is 193 Å². The van der Waals surface area contributed by atoms with E-state index in [0.29, 0.717) is 53.7 Å². The van der Waals surface area contributed by atoms with Crippen molar-refractivity contribution in [3.63, 3.8) is 0 Å². The Balaban J connectivity index is -0.0000000234. The third-order valence-corrected chi connectivity index (χ3v) is 13.9. The molecule has 0 aliphatic carbocycles. The maximum atomic E-state index is 7.75. The molecule has 30 nitrogen and oxygen atoms in total. The molecule has 4 N–H and O–H groups in total. The van der Waals surface area contributed by atoms with Crippen LogP contribution in [0.1, 0.15) is 129 Å². The number of aryl methyl sites for hydroxylation is 5. The number of benzene rings is 4. The van der Waals surface area contributed by atoms with Gasteiger partial charge < -0.3 is 165 Å². The van der Waals surface area contributed by atoms with Gasteiger partial charge in [0.05, 0.1) is 45.3 Å². The van der Waals surface area contributed by atoms with Gasteiger partial charge in [0, 0.05) is 141 Å². The molecule has 4 rings (SSSR count). The fraction of sp³-hybridized carbons (Fsp3) is 0.447. The van der Waals surface area contributed by atoms with Crippen molar-refractivity contribution in [2.75, 3.05) is 121 Å². The second-order valence-corrected chi connectivity index (χ2v) is 24.7. The Labute approximate surface area is 901 Å². The summed E-state index contributed by atoms with van der Waals surface area (Å²) in [5.41, 5.74) is 18.9. The van der Waals surface area contributed by atoms with E-state index in [9.17, 15) is 0 Å². The summed E-state index contributed by atoms with van der Waals surface area (Å²) in [5, 5.41) is 0. The summed E-state index contributed by atoms with van der Waals surface area (Å²) in [4.78, 5) is 172. The second kappa shape index (κ2) is 227. The van der Waals surface area contributed by atoms with E-state index in [2.05, 4.69) is 415 Å². The fourth-order valence-corrected chi connectivity index (χ4v) is 8.50. The molecule has 0 aromatic heterocycles. The number of nitrogens with two attached hydrogens (primary N) is 2. The number of hydrogen-bond donors (Lipinski definition) is 2. The van der Waals surface area contributed by atoms with Crippen LogP contribution >= 0.6 is 0 Å². The predicted octanol–water partition coefficient (Wildman–Crippen LogP) is 9.42. The van der Waals surface area contributed by atoms with Crippen LogP contribution in [0.5, 0.6) is 0 Å². The smallest absolute Gasteiger partial charge is 0.545 e. The molecule has 0 bridgehead atoms. The van der Waals surface area contributed by atoms with Gasteiger partial charge in [-0.05, 0) is 149 Å². The number of carbonyl (C=O) groups excluding carboxylic acids is 21. The summed E-state index contributed by atoms with van der Waals surface area (Å²) in [6.45, 7) is 118. The minimum atomic E-state index is 0. The molecule has 131 heavy (non-hydrogen) atoms. The van der Waals surface area contributed by atoms with Crippen LogP contribution in [0.4, 0.5) is 0 Å². The van der Waals surface area contributed by atoms with E-state index < -0.39 is 0 Å². The Bertz CT molecular complexity index is 2230. The molecular formula is C94H162Mo7N9O21-9.